The summed E-state index contributed by atoms with van der Waals surface area (Å²) in [6, 6.07) is 0. The molecule has 1 aliphatic carbocycles. The summed E-state index contributed by atoms with van der Waals surface area (Å²) in [5.74, 6) is 0.435. The van der Waals surface area contributed by atoms with Crippen LogP contribution in [0.15, 0.2) is 0 Å². The Kier molecular flexibility index (Phi) is 4.77. The first-order chi connectivity index (χ1) is 7.60. The van der Waals surface area contributed by atoms with E-state index in [9.17, 15) is 9.59 Å². The number of carbonyl (C=O) groups excluding carboxylic acids is 2. The summed E-state index contributed by atoms with van der Waals surface area (Å²) in [6.07, 6.45) is 4.15. The minimum atomic E-state index is -0.876. The summed E-state index contributed by atoms with van der Waals surface area (Å²) in [4.78, 5) is 22.4. The molecule has 1 aliphatic rings. The molecule has 1 saturated carbocycles. The molecule has 0 bridgehead atoms. The van der Waals surface area contributed by atoms with E-state index in [4.69, 9.17) is 4.74 Å². The quantitative estimate of drug-likeness (QED) is 0.702. The Labute approximate surface area is 96.7 Å². The number of carbonyl (C=O) groups is 2. The molecule has 92 valence electrons. The van der Waals surface area contributed by atoms with Crippen LogP contribution in [-0.4, -0.2) is 24.5 Å². The van der Waals surface area contributed by atoms with Gasteiger partial charge in [0.1, 0.15) is 0 Å². The minimum Gasteiger partial charge on any atom is -0.451 e. The van der Waals surface area contributed by atoms with E-state index in [1.807, 2.05) is 0 Å². The molecule has 0 heterocycles. The van der Waals surface area contributed by atoms with Crippen LogP contribution in [-0.2, 0) is 14.3 Å². The first-order valence-electron chi connectivity index (χ1n) is 6.00. The fraction of sp³-hybridized carbons (Fsp3) is 0.833. The summed E-state index contributed by atoms with van der Waals surface area (Å²) in [7, 11) is 0. The summed E-state index contributed by atoms with van der Waals surface area (Å²) in [5, 5.41) is 2.86. The number of rotatable bonds is 6. The number of amides is 1. The highest BCUT2D eigenvalue weighted by atomic mass is 16.5. The van der Waals surface area contributed by atoms with E-state index in [1.165, 1.54) is 0 Å². The summed E-state index contributed by atoms with van der Waals surface area (Å²) in [6.45, 7) is 5.27. The first-order valence-corrected chi connectivity index (χ1v) is 6.00. The van der Waals surface area contributed by atoms with E-state index >= 15 is 0 Å². The second-order valence-electron chi connectivity index (χ2n) is 4.85. The lowest BCUT2D eigenvalue weighted by atomic mass is 10.0. The van der Waals surface area contributed by atoms with E-state index in [2.05, 4.69) is 19.2 Å². The molecule has 0 saturated heterocycles. The molecule has 0 spiro atoms. The van der Waals surface area contributed by atoms with Crippen LogP contribution in [0.2, 0.25) is 0 Å². The Morgan fingerprint density at radius 3 is 2.56 bits per heavy atom. The Hall–Kier alpha value is -1.06. The molecule has 1 fully saturated rings. The third-order valence-corrected chi connectivity index (χ3v) is 3.11. The molecular weight excluding hydrogens is 206 g/mol. The summed E-state index contributed by atoms with van der Waals surface area (Å²) in [5.41, 5.74) is -0.876. The highest BCUT2D eigenvalue weighted by Gasteiger charge is 2.43. The highest BCUT2D eigenvalue weighted by molar-refractivity contribution is 5.86. The third kappa shape index (κ3) is 3.22. The van der Waals surface area contributed by atoms with E-state index in [0.29, 0.717) is 31.8 Å². The van der Waals surface area contributed by atoms with Gasteiger partial charge >= 0.3 is 0 Å². The van der Waals surface area contributed by atoms with Crippen LogP contribution in [0.5, 0.6) is 0 Å². The maximum atomic E-state index is 11.9. The van der Waals surface area contributed by atoms with Gasteiger partial charge in [0.25, 0.3) is 12.4 Å². The van der Waals surface area contributed by atoms with Crippen molar-refractivity contribution in [3.63, 3.8) is 0 Å². The van der Waals surface area contributed by atoms with E-state index < -0.39 is 5.60 Å². The summed E-state index contributed by atoms with van der Waals surface area (Å²) < 4.78 is 5.02. The zero-order valence-electron chi connectivity index (χ0n) is 10.1. The topological polar surface area (TPSA) is 55.4 Å². The Balaban J connectivity index is 2.45. The molecule has 1 rings (SSSR count). The van der Waals surface area contributed by atoms with Gasteiger partial charge in [0.05, 0.1) is 0 Å². The van der Waals surface area contributed by atoms with Crippen molar-refractivity contribution in [3.8, 4) is 0 Å². The molecule has 0 aromatic heterocycles. The van der Waals surface area contributed by atoms with Gasteiger partial charge in [-0.3, -0.25) is 9.59 Å². The molecule has 0 radical (unpaired) electrons. The number of hydrogen-bond acceptors (Lipinski definition) is 3. The number of nitrogens with one attached hydrogen (secondary N) is 1. The maximum absolute atomic E-state index is 11.9. The van der Waals surface area contributed by atoms with Crippen LogP contribution in [0.4, 0.5) is 0 Å². The van der Waals surface area contributed by atoms with Crippen molar-refractivity contribution in [1.82, 2.24) is 5.32 Å². The molecule has 0 aromatic carbocycles. The lowest BCUT2D eigenvalue weighted by Gasteiger charge is -2.25. The molecule has 0 unspecified atom stereocenters. The Morgan fingerprint density at radius 2 is 2.06 bits per heavy atom. The van der Waals surface area contributed by atoms with Crippen LogP contribution in [0, 0.1) is 5.92 Å². The van der Waals surface area contributed by atoms with Gasteiger partial charge in [0, 0.05) is 6.54 Å². The second kappa shape index (κ2) is 5.87. The van der Waals surface area contributed by atoms with Gasteiger partial charge in [0.2, 0.25) is 0 Å². The molecule has 0 aromatic rings. The second-order valence-corrected chi connectivity index (χ2v) is 4.85. The van der Waals surface area contributed by atoms with Crippen molar-refractivity contribution in [2.75, 3.05) is 6.54 Å². The monoisotopic (exact) mass is 227 g/mol. The van der Waals surface area contributed by atoms with Gasteiger partial charge < -0.3 is 10.1 Å². The van der Waals surface area contributed by atoms with E-state index in [0.717, 1.165) is 19.3 Å². The largest absolute Gasteiger partial charge is 0.451 e. The van der Waals surface area contributed by atoms with Gasteiger partial charge in [-0.05, 0) is 38.0 Å². The normalized spacial score (nSPS) is 18.4. The predicted octanol–water partition coefficient (Wildman–Crippen LogP) is 1.63. The van der Waals surface area contributed by atoms with Crippen LogP contribution in [0.3, 0.4) is 0 Å². The molecule has 4 nitrogen and oxygen atoms in total. The molecule has 0 atom stereocenters. The van der Waals surface area contributed by atoms with Gasteiger partial charge in [-0.25, -0.2) is 0 Å². The third-order valence-electron chi connectivity index (χ3n) is 3.11. The van der Waals surface area contributed by atoms with Gasteiger partial charge in [-0.2, -0.15) is 0 Å². The van der Waals surface area contributed by atoms with Crippen LogP contribution in [0.1, 0.15) is 46.0 Å². The average Bonchev–Trinajstić information content (AvgIpc) is 2.67. The zero-order chi connectivity index (χ0) is 12.0. The molecular formula is C12H21NO3. The van der Waals surface area contributed by atoms with Crippen molar-refractivity contribution in [1.29, 1.82) is 0 Å². The van der Waals surface area contributed by atoms with Gasteiger partial charge in [0.15, 0.2) is 5.60 Å². The Morgan fingerprint density at radius 1 is 1.44 bits per heavy atom. The molecule has 1 amide bonds. The molecule has 16 heavy (non-hydrogen) atoms. The maximum Gasteiger partial charge on any atom is 0.294 e. The fourth-order valence-corrected chi connectivity index (χ4v) is 2.07. The van der Waals surface area contributed by atoms with Crippen molar-refractivity contribution in [3.05, 3.63) is 0 Å². The number of hydrogen-bond donors (Lipinski definition) is 1. The van der Waals surface area contributed by atoms with Crippen molar-refractivity contribution in [2.45, 2.75) is 51.6 Å². The predicted molar refractivity (Wildman–Crippen MR) is 60.8 cm³/mol. The smallest absolute Gasteiger partial charge is 0.294 e. The molecule has 1 N–H and O–H groups in total. The highest BCUT2D eigenvalue weighted by Crippen LogP contribution is 2.32. The van der Waals surface area contributed by atoms with Crippen LogP contribution >= 0.6 is 0 Å². The van der Waals surface area contributed by atoms with Crippen LogP contribution in [0.25, 0.3) is 0 Å². The standard InChI is InChI=1S/C12H21NO3/c1-10(2)5-8-13-11(15)12(16-9-14)6-3-4-7-12/h9-10H,3-8H2,1-2H3,(H,13,15). The fourth-order valence-electron chi connectivity index (χ4n) is 2.07. The molecule has 4 heteroatoms. The van der Waals surface area contributed by atoms with Gasteiger partial charge in [-0.15, -0.1) is 0 Å². The van der Waals surface area contributed by atoms with E-state index in [1.54, 1.807) is 0 Å². The van der Waals surface area contributed by atoms with E-state index in [-0.39, 0.29) is 5.91 Å². The lowest BCUT2D eigenvalue weighted by molar-refractivity contribution is -0.157. The molecule has 0 aliphatic heterocycles. The van der Waals surface area contributed by atoms with Crippen molar-refractivity contribution in [2.24, 2.45) is 5.92 Å². The minimum absolute atomic E-state index is 0.127. The van der Waals surface area contributed by atoms with Gasteiger partial charge in [-0.1, -0.05) is 13.8 Å². The average molecular weight is 227 g/mol. The van der Waals surface area contributed by atoms with Crippen molar-refractivity contribution < 1.29 is 14.3 Å². The lowest BCUT2D eigenvalue weighted by Crippen LogP contribution is -2.47. The van der Waals surface area contributed by atoms with Crippen molar-refractivity contribution >= 4 is 12.4 Å². The van der Waals surface area contributed by atoms with Crippen LogP contribution < -0.4 is 5.32 Å². The summed E-state index contributed by atoms with van der Waals surface area (Å²) >= 11 is 0. The zero-order valence-corrected chi connectivity index (χ0v) is 10.1. The SMILES string of the molecule is CC(C)CCNC(=O)C1(OC=O)CCCC1. The Bertz CT molecular complexity index is 245. The first kappa shape index (κ1) is 13.0. The number of ether oxygens (including phenoxy) is 1.